The smallest absolute Gasteiger partial charge is 0.270 e. The van der Waals surface area contributed by atoms with E-state index < -0.39 is 0 Å². The van der Waals surface area contributed by atoms with Crippen molar-refractivity contribution in [2.75, 3.05) is 18.4 Å². The zero-order chi connectivity index (χ0) is 11.8. The summed E-state index contributed by atoms with van der Waals surface area (Å²) in [4.78, 5) is 19.6. The molecule has 5 nitrogen and oxygen atoms in total. The summed E-state index contributed by atoms with van der Waals surface area (Å²) >= 11 is 0. The van der Waals surface area contributed by atoms with Gasteiger partial charge < -0.3 is 10.6 Å². The number of rotatable bonds is 6. The molecule has 5 heteroatoms. The Bertz CT molecular complexity index is 341. The minimum absolute atomic E-state index is 0.149. The molecule has 0 fully saturated rings. The molecular formula is C11H18N4O. The summed E-state index contributed by atoms with van der Waals surface area (Å²) in [6, 6.07) is 1.67. The summed E-state index contributed by atoms with van der Waals surface area (Å²) < 4.78 is 0. The second kappa shape index (κ2) is 6.76. The monoisotopic (exact) mass is 222 g/mol. The van der Waals surface area contributed by atoms with Gasteiger partial charge in [-0.25, -0.2) is 9.97 Å². The van der Waals surface area contributed by atoms with Crippen LogP contribution in [0.4, 0.5) is 5.82 Å². The average Bonchev–Trinajstić information content (AvgIpc) is 2.33. The predicted molar refractivity (Wildman–Crippen MR) is 63.4 cm³/mol. The van der Waals surface area contributed by atoms with Gasteiger partial charge in [0, 0.05) is 19.2 Å². The lowest BCUT2D eigenvalue weighted by molar-refractivity contribution is 0.0948. The number of carbonyl (C=O) groups is 1. The third-order valence-corrected chi connectivity index (χ3v) is 1.99. The molecule has 1 rings (SSSR count). The molecule has 1 amide bonds. The Kier molecular flexibility index (Phi) is 5.25. The molecular weight excluding hydrogens is 204 g/mol. The molecule has 16 heavy (non-hydrogen) atoms. The van der Waals surface area contributed by atoms with E-state index in [4.69, 9.17) is 0 Å². The molecule has 0 aliphatic carbocycles. The van der Waals surface area contributed by atoms with Gasteiger partial charge >= 0.3 is 0 Å². The lowest BCUT2D eigenvalue weighted by Gasteiger charge is -2.05. The molecule has 0 aliphatic rings. The van der Waals surface area contributed by atoms with Crippen molar-refractivity contribution in [3.05, 3.63) is 18.1 Å². The Hall–Kier alpha value is -1.65. The highest BCUT2D eigenvalue weighted by Crippen LogP contribution is 2.03. The standard InChI is InChI=1S/C11H18N4O/c1-3-5-12-10-7-9(14-8-15-10)11(16)13-6-4-2/h7-8H,3-6H2,1-2H3,(H,13,16)(H,12,14,15). The van der Waals surface area contributed by atoms with E-state index in [0.29, 0.717) is 18.1 Å². The molecule has 88 valence electrons. The van der Waals surface area contributed by atoms with Gasteiger partial charge in [0.15, 0.2) is 0 Å². The normalized spacial score (nSPS) is 9.88. The number of carbonyl (C=O) groups excluding carboxylic acids is 1. The van der Waals surface area contributed by atoms with Crippen LogP contribution in [0.5, 0.6) is 0 Å². The lowest BCUT2D eigenvalue weighted by atomic mass is 10.3. The number of nitrogens with zero attached hydrogens (tertiary/aromatic N) is 2. The van der Waals surface area contributed by atoms with Crippen LogP contribution in [0.25, 0.3) is 0 Å². The maximum atomic E-state index is 11.6. The van der Waals surface area contributed by atoms with E-state index in [9.17, 15) is 4.79 Å². The van der Waals surface area contributed by atoms with Crippen molar-refractivity contribution in [2.45, 2.75) is 26.7 Å². The van der Waals surface area contributed by atoms with E-state index in [-0.39, 0.29) is 5.91 Å². The fourth-order valence-electron chi connectivity index (χ4n) is 1.16. The van der Waals surface area contributed by atoms with E-state index in [0.717, 1.165) is 19.4 Å². The Morgan fingerprint density at radius 1 is 1.25 bits per heavy atom. The zero-order valence-electron chi connectivity index (χ0n) is 9.79. The van der Waals surface area contributed by atoms with Gasteiger partial charge in [0.1, 0.15) is 17.8 Å². The first-order valence-electron chi connectivity index (χ1n) is 5.62. The van der Waals surface area contributed by atoms with Crippen LogP contribution in [0.1, 0.15) is 37.2 Å². The highest BCUT2D eigenvalue weighted by atomic mass is 16.1. The Balaban J connectivity index is 2.62. The number of aromatic nitrogens is 2. The molecule has 1 aromatic heterocycles. The van der Waals surface area contributed by atoms with Gasteiger partial charge in [-0.15, -0.1) is 0 Å². The molecule has 0 radical (unpaired) electrons. The second-order valence-corrected chi connectivity index (χ2v) is 3.47. The third-order valence-electron chi connectivity index (χ3n) is 1.99. The first kappa shape index (κ1) is 12.4. The van der Waals surface area contributed by atoms with Crippen LogP contribution in [-0.2, 0) is 0 Å². The quantitative estimate of drug-likeness (QED) is 0.764. The van der Waals surface area contributed by atoms with Crippen LogP contribution in [0.3, 0.4) is 0 Å². The van der Waals surface area contributed by atoms with Crippen LogP contribution >= 0.6 is 0 Å². The highest BCUT2D eigenvalue weighted by molar-refractivity contribution is 5.92. The van der Waals surface area contributed by atoms with Crippen molar-refractivity contribution in [1.29, 1.82) is 0 Å². The van der Waals surface area contributed by atoms with Gasteiger partial charge in [0.25, 0.3) is 5.91 Å². The van der Waals surface area contributed by atoms with Crippen molar-refractivity contribution in [3.63, 3.8) is 0 Å². The maximum absolute atomic E-state index is 11.6. The molecule has 0 unspecified atom stereocenters. The van der Waals surface area contributed by atoms with Crippen molar-refractivity contribution < 1.29 is 4.79 Å². The number of amides is 1. The van der Waals surface area contributed by atoms with Gasteiger partial charge in [-0.1, -0.05) is 13.8 Å². The summed E-state index contributed by atoms with van der Waals surface area (Å²) in [5, 5.41) is 5.89. The average molecular weight is 222 g/mol. The largest absolute Gasteiger partial charge is 0.370 e. The second-order valence-electron chi connectivity index (χ2n) is 3.47. The summed E-state index contributed by atoms with van der Waals surface area (Å²) in [6.45, 7) is 5.59. The fourth-order valence-corrected chi connectivity index (χ4v) is 1.16. The summed E-state index contributed by atoms with van der Waals surface area (Å²) in [7, 11) is 0. The number of hydrogen-bond acceptors (Lipinski definition) is 4. The van der Waals surface area contributed by atoms with Gasteiger partial charge in [0.05, 0.1) is 0 Å². The first-order valence-corrected chi connectivity index (χ1v) is 5.62. The molecule has 0 atom stereocenters. The van der Waals surface area contributed by atoms with Crippen LogP contribution in [0, 0.1) is 0 Å². The minimum Gasteiger partial charge on any atom is -0.370 e. The SMILES string of the molecule is CCCNC(=O)c1cc(NCCC)ncn1. The molecule has 2 N–H and O–H groups in total. The third kappa shape index (κ3) is 3.84. The van der Waals surface area contributed by atoms with E-state index in [1.165, 1.54) is 6.33 Å². The Morgan fingerprint density at radius 2 is 2.00 bits per heavy atom. The van der Waals surface area contributed by atoms with Gasteiger partial charge in [-0.05, 0) is 12.8 Å². The summed E-state index contributed by atoms with van der Waals surface area (Å²) in [5.74, 6) is 0.544. The lowest BCUT2D eigenvalue weighted by Crippen LogP contribution is -2.25. The van der Waals surface area contributed by atoms with Crippen LogP contribution in [0.2, 0.25) is 0 Å². The van der Waals surface area contributed by atoms with Gasteiger partial charge in [-0.3, -0.25) is 4.79 Å². The van der Waals surface area contributed by atoms with E-state index in [1.807, 2.05) is 6.92 Å². The molecule has 0 saturated carbocycles. The van der Waals surface area contributed by atoms with Crippen molar-refractivity contribution in [1.82, 2.24) is 15.3 Å². The van der Waals surface area contributed by atoms with Crippen molar-refractivity contribution in [3.8, 4) is 0 Å². The zero-order valence-corrected chi connectivity index (χ0v) is 9.79. The van der Waals surface area contributed by atoms with Crippen LogP contribution < -0.4 is 10.6 Å². The van der Waals surface area contributed by atoms with Crippen LogP contribution in [-0.4, -0.2) is 29.0 Å². The molecule has 1 aromatic rings. The van der Waals surface area contributed by atoms with Crippen molar-refractivity contribution in [2.24, 2.45) is 0 Å². The summed E-state index contributed by atoms with van der Waals surface area (Å²) in [5.41, 5.74) is 0.405. The number of anilines is 1. The van der Waals surface area contributed by atoms with E-state index in [2.05, 4.69) is 27.5 Å². The molecule has 0 spiro atoms. The highest BCUT2D eigenvalue weighted by Gasteiger charge is 2.06. The van der Waals surface area contributed by atoms with Crippen molar-refractivity contribution >= 4 is 11.7 Å². The van der Waals surface area contributed by atoms with E-state index >= 15 is 0 Å². The maximum Gasteiger partial charge on any atom is 0.270 e. The topological polar surface area (TPSA) is 66.9 Å². The summed E-state index contributed by atoms with van der Waals surface area (Å²) in [6.07, 6.45) is 3.33. The fraction of sp³-hybridized carbons (Fsp3) is 0.545. The molecule has 0 bridgehead atoms. The van der Waals surface area contributed by atoms with Gasteiger partial charge in [-0.2, -0.15) is 0 Å². The minimum atomic E-state index is -0.149. The number of hydrogen-bond donors (Lipinski definition) is 2. The molecule has 0 aliphatic heterocycles. The first-order chi connectivity index (χ1) is 7.77. The Morgan fingerprint density at radius 3 is 2.69 bits per heavy atom. The van der Waals surface area contributed by atoms with Gasteiger partial charge in [0.2, 0.25) is 0 Å². The number of nitrogens with one attached hydrogen (secondary N) is 2. The predicted octanol–water partition coefficient (Wildman–Crippen LogP) is 1.44. The molecule has 0 aromatic carbocycles. The van der Waals surface area contributed by atoms with Crippen LogP contribution in [0.15, 0.2) is 12.4 Å². The molecule has 0 saturated heterocycles. The Labute approximate surface area is 95.7 Å². The van der Waals surface area contributed by atoms with E-state index in [1.54, 1.807) is 6.07 Å². The molecule has 1 heterocycles.